The highest BCUT2D eigenvalue weighted by Crippen LogP contribution is 2.32. The van der Waals surface area contributed by atoms with Crippen molar-refractivity contribution in [3.63, 3.8) is 0 Å². The van der Waals surface area contributed by atoms with E-state index in [0.29, 0.717) is 5.69 Å². The molecule has 1 aromatic rings. The normalized spacial score (nSPS) is 10.2. The Morgan fingerprint density at radius 3 is 2.50 bits per heavy atom. The fourth-order valence-electron chi connectivity index (χ4n) is 0.862. The number of hydrazine groups is 1. The lowest BCUT2D eigenvalue weighted by Gasteiger charge is -2.14. The third-order valence-electron chi connectivity index (χ3n) is 1.36. The monoisotopic (exact) mass is 168 g/mol. The average molecular weight is 168 g/mol. The van der Waals surface area contributed by atoms with Crippen molar-refractivity contribution in [3.8, 4) is 11.5 Å². The molecule has 1 rings (SSSR count). The van der Waals surface area contributed by atoms with Crippen molar-refractivity contribution >= 4 is 5.69 Å². The maximum Gasteiger partial charge on any atom is 0.182 e. The van der Waals surface area contributed by atoms with Crippen molar-refractivity contribution in [2.24, 2.45) is 0 Å². The molecule has 0 bridgehead atoms. The lowest BCUT2D eigenvalue weighted by atomic mass is 10.3. The molecule has 0 aromatic heterocycles. The van der Waals surface area contributed by atoms with Crippen LogP contribution in [0.5, 0.6) is 11.5 Å². The summed E-state index contributed by atoms with van der Waals surface area (Å²) in [5.41, 5.74) is 3.32. The van der Waals surface area contributed by atoms with Crippen molar-refractivity contribution in [2.45, 2.75) is 0 Å². The lowest BCUT2D eigenvalue weighted by molar-refractivity contribution is 0.400. The minimum atomic E-state index is -0.133. The summed E-state index contributed by atoms with van der Waals surface area (Å²) >= 11 is 0. The van der Waals surface area contributed by atoms with Crippen molar-refractivity contribution in [2.75, 3.05) is 19.5 Å². The number of phenolic OH excluding ortho intramolecular Hbond substituents is 2. The van der Waals surface area contributed by atoms with Gasteiger partial charge in [0.2, 0.25) is 0 Å². The number of rotatable bonds is 2. The van der Waals surface area contributed by atoms with E-state index in [1.54, 1.807) is 31.2 Å². The lowest BCUT2D eigenvalue weighted by Crippen LogP contribution is -2.19. The largest absolute Gasteiger partial charge is 0.504 e. The van der Waals surface area contributed by atoms with Gasteiger partial charge in [0.25, 0.3) is 0 Å². The van der Waals surface area contributed by atoms with E-state index in [2.05, 4.69) is 5.43 Å². The van der Waals surface area contributed by atoms with Gasteiger partial charge in [-0.05, 0) is 12.1 Å². The van der Waals surface area contributed by atoms with Crippen LogP contribution in [-0.2, 0) is 0 Å². The first-order chi connectivity index (χ1) is 5.61. The van der Waals surface area contributed by atoms with Crippen LogP contribution in [0.25, 0.3) is 0 Å². The van der Waals surface area contributed by atoms with Crippen LogP contribution in [0.3, 0.4) is 0 Å². The van der Waals surface area contributed by atoms with Gasteiger partial charge in [-0.15, -0.1) is 0 Å². The van der Waals surface area contributed by atoms with Crippen LogP contribution in [0.15, 0.2) is 18.2 Å². The second kappa shape index (κ2) is 3.32. The van der Waals surface area contributed by atoms with E-state index in [1.807, 2.05) is 0 Å². The van der Waals surface area contributed by atoms with Gasteiger partial charge in [0.1, 0.15) is 0 Å². The second-order valence-corrected chi connectivity index (χ2v) is 2.68. The fourth-order valence-corrected chi connectivity index (χ4v) is 0.862. The first-order valence-electron chi connectivity index (χ1n) is 3.56. The highest BCUT2D eigenvalue weighted by atomic mass is 16.3. The van der Waals surface area contributed by atoms with Crippen molar-refractivity contribution in [3.05, 3.63) is 18.2 Å². The second-order valence-electron chi connectivity index (χ2n) is 2.68. The summed E-state index contributed by atoms with van der Waals surface area (Å²) in [6, 6.07) is 4.76. The molecule has 0 aliphatic heterocycles. The first-order valence-corrected chi connectivity index (χ1v) is 3.56. The molecular formula is C8H12N2O2. The number of benzene rings is 1. The zero-order chi connectivity index (χ0) is 9.14. The van der Waals surface area contributed by atoms with Gasteiger partial charge in [0.05, 0.1) is 5.69 Å². The SMILES string of the molecule is CN(C)Nc1cccc(O)c1O. The molecule has 0 radical (unpaired) electrons. The van der Waals surface area contributed by atoms with Crippen LogP contribution in [0.2, 0.25) is 0 Å². The molecule has 0 aliphatic rings. The van der Waals surface area contributed by atoms with Crippen LogP contribution in [0.1, 0.15) is 0 Å². The molecular weight excluding hydrogens is 156 g/mol. The molecule has 0 saturated heterocycles. The standard InChI is InChI=1S/C8H12N2O2/c1-10(2)9-6-4-3-5-7(11)8(6)12/h3-5,9,11-12H,1-2H3. The Kier molecular flexibility index (Phi) is 2.40. The van der Waals surface area contributed by atoms with E-state index in [0.717, 1.165) is 0 Å². The summed E-state index contributed by atoms with van der Waals surface area (Å²) in [6.45, 7) is 0. The van der Waals surface area contributed by atoms with Gasteiger partial charge >= 0.3 is 0 Å². The van der Waals surface area contributed by atoms with Gasteiger partial charge in [0.15, 0.2) is 11.5 Å². The molecule has 12 heavy (non-hydrogen) atoms. The van der Waals surface area contributed by atoms with E-state index < -0.39 is 0 Å². The maximum absolute atomic E-state index is 9.31. The van der Waals surface area contributed by atoms with Gasteiger partial charge in [-0.1, -0.05) is 6.07 Å². The summed E-state index contributed by atoms with van der Waals surface area (Å²) in [7, 11) is 3.59. The molecule has 0 unspecified atom stereocenters. The molecule has 4 nitrogen and oxygen atoms in total. The van der Waals surface area contributed by atoms with Crippen LogP contribution < -0.4 is 5.43 Å². The number of hydrogen-bond donors (Lipinski definition) is 3. The zero-order valence-electron chi connectivity index (χ0n) is 7.07. The highest BCUT2D eigenvalue weighted by Gasteiger charge is 2.04. The average Bonchev–Trinajstić information content (AvgIpc) is 1.98. The molecule has 0 amide bonds. The number of nitrogens with zero attached hydrogens (tertiary/aromatic N) is 1. The van der Waals surface area contributed by atoms with Gasteiger partial charge in [0, 0.05) is 14.1 Å². The number of phenols is 2. The predicted molar refractivity (Wildman–Crippen MR) is 47.1 cm³/mol. The smallest absolute Gasteiger partial charge is 0.182 e. The zero-order valence-corrected chi connectivity index (χ0v) is 7.07. The number of aromatic hydroxyl groups is 2. The maximum atomic E-state index is 9.31. The number of para-hydroxylation sites is 1. The molecule has 3 N–H and O–H groups in total. The van der Waals surface area contributed by atoms with Crippen LogP contribution >= 0.6 is 0 Å². The van der Waals surface area contributed by atoms with E-state index >= 15 is 0 Å². The number of nitrogens with one attached hydrogen (secondary N) is 1. The highest BCUT2D eigenvalue weighted by molar-refractivity contribution is 5.61. The number of hydrogen-bond acceptors (Lipinski definition) is 4. The summed E-state index contributed by atoms with van der Waals surface area (Å²) in [6.07, 6.45) is 0. The number of anilines is 1. The molecule has 1 aromatic carbocycles. The van der Waals surface area contributed by atoms with E-state index in [4.69, 9.17) is 5.11 Å². The van der Waals surface area contributed by atoms with Crippen LogP contribution in [0.4, 0.5) is 5.69 Å². The summed E-state index contributed by atoms with van der Waals surface area (Å²) in [5, 5.41) is 20.1. The Bertz CT molecular complexity index is 274. The molecule has 0 fully saturated rings. The molecule has 0 saturated carbocycles. The Morgan fingerprint density at radius 1 is 1.25 bits per heavy atom. The topological polar surface area (TPSA) is 55.7 Å². The van der Waals surface area contributed by atoms with Crippen molar-refractivity contribution in [1.29, 1.82) is 0 Å². The first kappa shape index (κ1) is 8.67. The molecule has 66 valence electrons. The predicted octanol–water partition coefficient (Wildman–Crippen LogP) is 0.986. The minimum absolute atomic E-state index is 0.123. The molecule has 0 atom stereocenters. The third-order valence-corrected chi connectivity index (χ3v) is 1.36. The molecule has 4 heteroatoms. The van der Waals surface area contributed by atoms with E-state index in [9.17, 15) is 5.11 Å². The third kappa shape index (κ3) is 1.79. The quantitative estimate of drug-likeness (QED) is 0.455. The summed E-state index contributed by atoms with van der Waals surface area (Å²) < 4.78 is 0. The summed E-state index contributed by atoms with van der Waals surface area (Å²) in [5.74, 6) is -0.256. The molecule has 0 aliphatic carbocycles. The van der Waals surface area contributed by atoms with Crippen LogP contribution in [0, 0.1) is 0 Å². The fraction of sp³-hybridized carbons (Fsp3) is 0.250. The Morgan fingerprint density at radius 2 is 1.92 bits per heavy atom. The van der Waals surface area contributed by atoms with Gasteiger partial charge in [-0.2, -0.15) is 0 Å². The Hall–Kier alpha value is -1.42. The minimum Gasteiger partial charge on any atom is -0.504 e. The van der Waals surface area contributed by atoms with E-state index in [1.165, 1.54) is 6.07 Å². The van der Waals surface area contributed by atoms with Gasteiger partial charge in [-0.3, -0.25) is 0 Å². The van der Waals surface area contributed by atoms with Crippen molar-refractivity contribution in [1.82, 2.24) is 5.01 Å². The molecule has 0 heterocycles. The van der Waals surface area contributed by atoms with Gasteiger partial charge < -0.3 is 15.6 Å². The van der Waals surface area contributed by atoms with Crippen molar-refractivity contribution < 1.29 is 10.2 Å². The summed E-state index contributed by atoms with van der Waals surface area (Å²) in [4.78, 5) is 0. The Labute approximate surface area is 71.0 Å². The van der Waals surface area contributed by atoms with Crippen LogP contribution in [-0.4, -0.2) is 29.3 Å². The Balaban J connectivity index is 2.92. The molecule has 0 spiro atoms. The van der Waals surface area contributed by atoms with E-state index in [-0.39, 0.29) is 11.5 Å². The van der Waals surface area contributed by atoms with Gasteiger partial charge in [-0.25, -0.2) is 5.01 Å².